The van der Waals surface area contributed by atoms with Crippen molar-refractivity contribution in [3.8, 4) is 0 Å². The number of rotatable bonds is 3. The highest BCUT2D eigenvalue weighted by molar-refractivity contribution is 9.10. The van der Waals surface area contributed by atoms with E-state index in [2.05, 4.69) is 73.7 Å². The molecule has 0 saturated heterocycles. The molecule has 4 heteroatoms. The van der Waals surface area contributed by atoms with E-state index in [0.717, 1.165) is 16.7 Å². The van der Waals surface area contributed by atoms with E-state index in [1.54, 1.807) is 11.3 Å². The first-order valence-electron chi connectivity index (χ1n) is 4.88. The molecule has 1 nitrogen and oxygen atoms in total. The molecule has 16 heavy (non-hydrogen) atoms. The minimum absolute atomic E-state index is 0.860. The molecular formula is C12H11Br2NS. The lowest BCUT2D eigenvalue weighted by Gasteiger charge is -2.07. The van der Waals surface area contributed by atoms with Crippen molar-refractivity contribution in [3.05, 3.63) is 49.0 Å². The second-order valence-electron chi connectivity index (χ2n) is 3.51. The topological polar surface area (TPSA) is 12.0 Å². The normalized spacial score (nSPS) is 10.4. The Morgan fingerprint density at radius 2 is 2.00 bits per heavy atom. The molecule has 0 aliphatic carbocycles. The van der Waals surface area contributed by atoms with Gasteiger partial charge in [-0.3, -0.25) is 0 Å². The van der Waals surface area contributed by atoms with Crippen LogP contribution in [0.1, 0.15) is 10.4 Å². The summed E-state index contributed by atoms with van der Waals surface area (Å²) in [6.07, 6.45) is 0. The van der Waals surface area contributed by atoms with E-state index < -0.39 is 0 Å². The van der Waals surface area contributed by atoms with Crippen LogP contribution in [0.25, 0.3) is 0 Å². The van der Waals surface area contributed by atoms with E-state index in [9.17, 15) is 0 Å². The van der Waals surface area contributed by atoms with Crippen LogP contribution in [0.3, 0.4) is 0 Å². The first kappa shape index (κ1) is 12.1. The number of hydrogen-bond donors (Lipinski definition) is 1. The van der Waals surface area contributed by atoms with Crippen molar-refractivity contribution in [1.82, 2.24) is 0 Å². The highest BCUT2D eigenvalue weighted by Gasteiger charge is 2.01. The lowest BCUT2D eigenvalue weighted by molar-refractivity contribution is 1.18. The summed E-state index contributed by atoms with van der Waals surface area (Å²) >= 11 is 8.78. The molecule has 0 radical (unpaired) electrons. The van der Waals surface area contributed by atoms with E-state index in [1.165, 1.54) is 14.9 Å². The van der Waals surface area contributed by atoms with Crippen molar-refractivity contribution in [2.24, 2.45) is 0 Å². The van der Waals surface area contributed by atoms with Crippen LogP contribution in [0, 0.1) is 6.92 Å². The summed E-state index contributed by atoms with van der Waals surface area (Å²) in [5.74, 6) is 0. The van der Waals surface area contributed by atoms with Crippen LogP contribution in [0.15, 0.2) is 38.6 Å². The number of halogens is 2. The highest BCUT2D eigenvalue weighted by Crippen LogP contribution is 2.25. The maximum atomic E-state index is 3.53. The fourth-order valence-corrected chi connectivity index (χ4v) is 3.07. The molecule has 0 atom stereocenters. The Hall–Kier alpha value is -0.320. The number of nitrogens with one attached hydrogen (secondary N) is 1. The van der Waals surface area contributed by atoms with Gasteiger partial charge in [-0.1, -0.05) is 15.9 Å². The zero-order valence-corrected chi connectivity index (χ0v) is 12.7. The third-order valence-corrected chi connectivity index (χ3v) is 5.12. The van der Waals surface area contributed by atoms with Gasteiger partial charge in [-0.05, 0) is 58.1 Å². The number of aryl methyl sites for hydroxylation is 1. The molecule has 1 N–H and O–H groups in total. The summed E-state index contributed by atoms with van der Waals surface area (Å²) in [5, 5.41) is 5.51. The third-order valence-electron chi connectivity index (χ3n) is 2.30. The zero-order valence-electron chi connectivity index (χ0n) is 8.76. The van der Waals surface area contributed by atoms with Crippen LogP contribution in [-0.2, 0) is 6.54 Å². The second-order valence-corrected chi connectivity index (χ2v) is 6.22. The van der Waals surface area contributed by atoms with E-state index in [-0.39, 0.29) is 0 Å². The molecule has 0 saturated carbocycles. The molecule has 0 aliphatic heterocycles. The van der Waals surface area contributed by atoms with E-state index in [1.807, 2.05) is 0 Å². The second kappa shape index (κ2) is 5.34. The van der Waals surface area contributed by atoms with Gasteiger partial charge < -0.3 is 5.32 Å². The summed E-state index contributed by atoms with van der Waals surface area (Å²) in [4.78, 5) is 1.32. The van der Waals surface area contributed by atoms with Crippen LogP contribution in [0.5, 0.6) is 0 Å². The van der Waals surface area contributed by atoms with Crippen LogP contribution in [0.2, 0.25) is 0 Å². The Bertz CT molecular complexity index is 494. The van der Waals surface area contributed by atoms with E-state index in [4.69, 9.17) is 0 Å². The molecule has 0 aliphatic rings. The Morgan fingerprint density at radius 3 is 2.62 bits per heavy atom. The summed E-state index contributed by atoms with van der Waals surface area (Å²) < 4.78 is 2.33. The molecule has 1 heterocycles. The van der Waals surface area contributed by atoms with Gasteiger partial charge in [-0.2, -0.15) is 0 Å². The van der Waals surface area contributed by atoms with Gasteiger partial charge in [-0.15, -0.1) is 11.3 Å². The average Bonchev–Trinajstić information content (AvgIpc) is 2.66. The molecule has 0 amide bonds. The molecule has 84 valence electrons. The van der Waals surface area contributed by atoms with Crippen LogP contribution in [0.4, 0.5) is 5.69 Å². The first-order chi connectivity index (χ1) is 7.66. The summed E-state index contributed by atoms with van der Waals surface area (Å²) in [5.41, 5.74) is 2.40. The fourth-order valence-electron chi connectivity index (χ4n) is 1.39. The van der Waals surface area contributed by atoms with Crippen molar-refractivity contribution in [1.29, 1.82) is 0 Å². The maximum absolute atomic E-state index is 3.53. The van der Waals surface area contributed by atoms with Gasteiger partial charge in [0, 0.05) is 19.5 Å². The summed E-state index contributed by atoms with van der Waals surface area (Å²) in [7, 11) is 0. The smallest absolute Gasteiger partial charge is 0.0505 e. The first-order valence-corrected chi connectivity index (χ1v) is 7.35. The number of benzene rings is 1. The molecular weight excluding hydrogens is 350 g/mol. The number of hydrogen-bond acceptors (Lipinski definition) is 2. The van der Waals surface area contributed by atoms with Crippen LogP contribution in [-0.4, -0.2) is 0 Å². The molecule has 0 fully saturated rings. The summed E-state index contributed by atoms with van der Waals surface area (Å²) in [6.45, 7) is 2.95. The predicted molar refractivity (Wildman–Crippen MR) is 78.2 cm³/mol. The Balaban J connectivity index is 2.05. The van der Waals surface area contributed by atoms with Crippen LogP contribution < -0.4 is 5.32 Å². The summed E-state index contributed by atoms with van der Waals surface area (Å²) in [6, 6.07) is 8.37. The molecule has 0 bridgehead atoms. The monoisotopic (exact) mass is 359 g/mol. The molecule has 0 spiro atoms. The predicted octanol–water partition coefficient (Wildman–Crippen LogP) is 5.19. The van der Waals surface area contributed by atoms with Crippen molar-refractivity contribution < 1.29 is 0 Å². The molecule has 0 unspecified atom stereocenters. The van der Waals surface area contributed by atoms with Gasteiger partial charge in [0.25, 0.3) is 0 Å². The SMILES string of the molecule is Cc1cc(NCc2sccc2Br)ccc1Br. The van der Waals surface area contributed by atoms with Crippen molar-refractivity contribution in [2.45, 2.75) is 13.5 Å². The minimum atomic E-state index is 0.860. The number of thiophene rings is 1. The standard InChI is InChI=1S/C12H11Br2NS/c1-8-6-9(2-3-10(8)13)15-7-12-11(14)4-5-16-12/h2-6,15H,7H2,1H3. The van der Waals surface area contributed by atoms with Crippen LogP contribution >= 0.6 is 43.2 Å². The Morgan fingerprint density at radius 1 is 1.19 bits per heavy atom. The van der Waals surface area contributed by atoms with Gasteiger partial charge >= 0.3 is 0 Å². The van der Waals surface area contributed by atoms with Gasteiger partial charge in [0.15, 0.2) is 0 Å². The Labute approximate surface area is 116 Å². The van der Waals surface area contributed by atoms with Gasteiger partial charge in [0.1, 0.15) is 0 Å². The lowest BCUT2D eigenvalue weighted by Crippen LogP contribution is -1.98. The molecule has 2 aromatic rings. The highest BCUT2D eigenvalue weighted by atomic mass is 79.9. The van der Waals surface area contributed by atoms with E-state index >= 15 is 0 Å². The van der Waals surface area contributed by atoms with Gasteiger partial charge in [0.05, 0.1) is 6.54 Å². The van der Waals surface area contributed by atoms with Crippen molar-refractivity contribution >= 4 is 48.9 Å². The van der Waals surface area contributed by atoms with Crippen molar-refractivity contribution in [3.63, 3.8) is 0 Å². The molecule has 2 rings (SSSR count). The minimum Gasteiger partial charge on any atom is -0.380 e. The zero-order chi connectivity index (χ0) is 11.5. The third kappa shape index (κ3) is 2.87. The van der Waals surface area contributed by atoms with E-state index in [0.29, 0.717) is 0 Å². The average molecular weight is 361 g/mol. The fraction of sp³-hybridized carbons (Fsp3) is 0.167. The van der Waals surface area contributed by atoms with Crippen molar-refractivity contribution in [2.75, 3.05) is 5.32 Å². The van der Waals surface area contributed by atoms with Gasteiger partial charge in [-0.25, -0.2) is 0 Å². The largest absolute Gasteiger partial charge is 0.380 e. The molecule has 1 aromatic heterocycles. The maximum Gasteiger partial charge on any atom is 0.0505 e. The lowest BCUT2D eigenvalue weighted by atomic mass is 10.2. The Kier molecular flexibility index (Phi) is 4.05. The quantitative estimate of drug-likeness (QED) is 0.793. The van der Waals surface area contributed by atoms with Gasteiger partial charge in [0.2, 0.25) is 0 Å². The molecule has 1 aromatic carbocycles. The number of anilines is 1.